The molecule has 0 aromatic carbocycles. The molecule has 1 saturated carbocycles. The van der Waals surface area contributed by atoms with Crippen LogP contribution < -0.4 is 0 Å². The molecule has 1 aromatic heterocycles. The molecule has 1 fully saturated rings. The molecular formula is C9H11BrN4O. The summed E-state index contributed by atoms with van der Waals surface area (Å²) in [6.45, 7) is 2.17. The molecule has 0 unspecified atom stereocenters. The predicted molar refractivity (Wildman–Crippen MR) is 55.9 cm³/mol. The van der Waals surface area contributed by atoms with E-state index in [4.69, 9.17) is 0 Å². The Morgan fingerprint density at radius 1 is 1.33 bits per heavy atom. The van der Waals surface area contributed by atoms with Gasteiger partial charge in [0.25, 0.3) is 0 Å². The van der Waals surface area contributed by atoms with E-state index in [9.17, 15) is 4.79 Å². The predicted octanol–water partition coefficient (Wildman–Crippen LogP) is 0.793. The normalized spacial score (nSPS) is 20.2. The molecule has 6 heteroatoms. The Morgan fingerprint density at radius 3 is 2.87 bits per heavy atom. The maximum Gasteiger partial charge on any atom is 0.226 e. The number of carbonyl (C=O) groups excluding carboxylic acids is 1. The molecular weight excluding hydrogens is 260 g/mol. The smallest absolute Gasteiger partial charge is 0.226 e. The summed E-state index contributed by atoms with van der Waals surface area (Å²) >= 11 is 3.34. The molecule has 1 aromatic rings. The van der Waals surface area contributed by atoms with Crippen molar-refractivity contribution >= 4 is 21.8 Å². The van der Waals surface area contributed by atoms with E-state index in [-0.39, 0.29) is 0 Å². The van der Waals surface area contributed by atoms with Crippen LogP contribution in [0.5, 0.6) is 0 Å². The lowest BCUT2D eigenvalue weighted by molar-refractivity contribution is -0.134. The van der Waals surface area contributed by atoms with Gasteiger partial charge >= 0.3 is 0 Å². The lowest BCUT2D eigenvalue weighted by Crippen LogP contribution is -2.39. The highest BCUT2D eigenvalue weighted by atomic mass is 79.9. The topological polar surface area (TPSA) is 51.0 Å². The number of nitrogens with zero attached hydrogens (tertiary/aromatic N) is 4. The van der Waals surface area contributed by atoms with Gasteiger partial charge in [0, 0.05) is 19.0 Å². The Bertz CT molecular complexity index is 412. The van der Waals surface area contributed by atoms with Crippen LogP contribution in [0.3, 0.4) is 0 Å². The van der Waals surface area contributed by atoms with Crippen LogP contribution in [0.2, 0.25) is 0 Å². The average molecular weight is 271 g/mol. The third-order valence-corrected chi connectivity index (χ3v) is 3.53. The Balaban J connectivity index is 1.79. The van der Waals surface area contributed by atoms with Crippen LogP contribution >= 0.6 is 15.9 Å². The van der Waals surface area contributed by atoms with Gasteiger partial charge in [0.15, 0.2) is 10.6 Å². The lowest BCUT2D eigenvalue weighted by Gasteiger charge is -2.27. The van der Waals surface area contributed by atoms with E-state index in [1.165, 1.54) is 0 Å². The first-order valence-corrected chi connectivity index (χ1v) is 5.91. The molecule has 0 radical (unpaired) electrons. The minimum Gasteiger partial charge on any atom is -0.333 e. The van der Waals surface area contributed by atoms with E-state index in [0.717, 1.165) is 36.5 Å². The number of rotatable bonds is 1. The second-order valence-corrected chi connectivity index (χ2v) is 4.78. The molecule has 80 valence electrons. The minimum absolute atomic E-state index is 0.292. The third-order valence-electron chi connectivity index (χ3n) is 2.95. The average Bonchev–Trinajstić information content (AvgIpc) is 3.03. The van der Waals surface area contributed by atoms with Gasteiger partial charge < -0.3 is 9.47 Å². The summed E-state index contributed by atoms with van der Waals surface area (Å²) in [7, 11) is 0. The zero-order valence-corrected chi connectivity index (χ0v) is 9.77. The zero-order chi connectivity index (χ0) is 10.4. The number of carbonyl (C=O) groups is 1. The number of hydrogen-bond acceptors (Lipinski definition) is 3. The van der Waals surface area contributed by atoms with Gasteiger partial charge in [0.2, 0.25) is 5.91 Å². The van der Waals surface area contributed by atoms with Crippen molar-refractivity contribution in [3.8, 4) is 0 Å². The third kappa shape index (κ3) is 1.56. The number of amides is 1. The monoisotopic (exact) mass is 270 g/mol. The maximum absolute atomic E-state index is 11.8. The second-order valence-electron chi connectivity index (χ2n) is 4.07. The maximum atomic E-state index is 11.8. The molecule has 1 amide bonds. The van der Waals surface area contributed by atoms with Crippen molar-refractivity contribution < 1.29 is 4.79 Å². The van der Waals surface area contributed by atoms with Crippen molar-refractivity contribution in [1.82, 2.24) is 19.7 Å². The highest BCUT2D eigenvalue weighted by molar-refractivity contribution is 9.10. The van der Waals surface area contributed by atoms with Crippen molar-refractivity contribution in [3.63, 3.8) is 0 Å². The fourth-order valence-corrected chi connectivity index (χ4v) is 2.36. The summed E-state index contributed by atoms with van der Waals surface area (Å²) < 4.78 is 2.77. The van der Waals surface area contributed by atoms with Gasteiger partial charge in [-0.3, -0.25) is 4.79 Å². The van der Waals surface area contributed by atoms with Crippen LogP contribution in [0.15, 0.2) is 4.73 Å². The molecule has 3 rings (SSSR count). The van der Waals surface area contributed by atoms with Crippen LogP contribution in [0.1, 0.15) is 18.7 Å². The van der Waals surface area contributed by atoms with Gasteiger partial charge in [-0.05, 0) is 28.8 Å². The van der Waals surface area contributed by atoms with Gasteiger partial charge in [-0.1, -0.05) is 0 Å². The van der Waals surface area contributed by atoms with Gasteiger partial charge in [-0.15, -0.1) is 10.2 Å². The van der Waals surface area contributed by atoms with E-state index in [1.807, 2.05) is 9.47 Å². The molecule has 15 heavy (non-hydrogen) atoms. The minimum atomic E-state index is 0.292. The van der Waals surface area contributed by atoms with E-state index in [1.54, 1.807) is 0 Å². The highest BCUT2D eigenvalue weighted by Crippen LogP contribution is 2.32. The van der Waals surface area contributed by atoms with Gasteiger partial charge in [-0.25, -0.2) is 0 Å². The molecule has 2 heterocycles. The number of hydrogen-bond donors (Lipinski definition) is 0. The van der Waals surface area contributed by atoms with E-state index in [0.29, 0.717) is 18.4 Å². The van der Waals surface area contributed by atoms with E-state index >= 15 is 0 Å². The summed E-state index contributed by atoms with van der Waals surface area (Å²) in [6, 6.07) is 0. The Kier molecular flexibility index (Phi) is 2.05. The summed E-state index contributed by atoms with van der Waals surface area (Å²) in [5.41, 5.74) is 0. The Labute approximate surface area is 95.6 Å². The highest BCUT2D eigenvalue weighted by Gasteiger charge is 2.35. The fraction of sp³-hybridized carbons (Fsp3) is 0.667. The second kappa shape index (κ2) is 3.30. The van der Waals surface area contributed by atoms with E-state index in [2.05, 4.69) is 26.1 Å². The van der Waals surface area contributed by atoms with Crippen molar-refractivity contribution in [1.29, 1.82) is 0 Å². The van der Waals surface area contributed by atoms with Crippen molar-refractivity contribution in [2.75, 3.05) is 6.54 Å². The molecule has 0 bridgehead atoms. The number of fused-ring (bicyclic) bond motifs is 1. The number of halogens is 1. The Hall–Kier alpha value is -0.910. The van der Waals surface area contributed by atoms with Crippen LogP contribution in [0.4, 0.5) is 0 Å². The first kappa shape index (κ1) is 9.33. The fourth-order valence-electron chi connectivity index (χ4n) is 1.90. The van der Waals surface area contributed by atoms with Crippen LogP contribution in [-0.4, -0.2) is 32.1 Å². The van der Waals surface area contributed by atoms with E-state index < -0.39 is 0 Å². The Morgan fingerprint density at radius 2 is 2.13 bits per heavy atom. The lowest BCUT2D eigenvalue weighted by atomic mass is 10.3. The molecule has 2 aliphatic rings. The van der Waals surface area contributed by atoms with Crippen LogP contribution in [0.25, 0.3) is 0 Å². The van der Waals surface area contributed by atoms with Crippen molar-refractivity contribution in [2.45, 2.75) is 25.9 Å². The zero-order valence-electron chi connectivity index (χ0n) is 8.19. The standard InChI is InChI=1S/C9H11BrN4O/c10-9-12-11-7-5-13(3-4-14(7)9)8(15)6-1-2-6/h6H,1-5H2. The van der Waals surface area contributed by atoms with Gasteiger partial charge in [0.05, 0.1) is 6.54 Å². The molecule has 1 aliphatic carbocycles. The summed E-state index contributed by atoms with van der Waals surface area (Å²) in [5.74, 6) is 1.46. The molecule has 0 spiro atoms. The number of aromatic nitrogens is 3. The molecule has 0 saturated heterocycles. The van der Waals surface area contributed by atoms with Crippen LogP contribution in [0, 0.1) is 5.92 Å². The van der Waals surface area contributed by atoms with Crippen molar-refractivity contribution in [3.05, 3.63) is 10.6 Å². The van der Waals surface area contributed by atoms with Gasteiger partial charge in [-0.2, -0.15) is 0 Å². The molecule has 5 nitrogen and oxygen atoms in total. The SMILES string of the molecule is O=C(C1CC1)N1CCn2c(Br)nnc2C1. The quantitative estimate of drug-likeness (QED) is 0.759. The van der Waals surface area contributed by atoms with Crippen molar-refractivity contribution in [2.24, 2.45) is 5.92 Å². The summed E-state index contributed by atoms with van der Waals surface area (Å²) in [6.07, 6.45) is 2.12. The first-order chi connectivity index (χ1) is 7.25. The largest absolute Gasteiger partial charge is 0.333 e. The van der Waals surface area contributed by atoms with Gasteiger partial charge in [0.1, 0.15) is 0 Å². The molecule has 0 N–H and O–H groups in total. The first-order valence-electron chi connectivity index (χ1n) is 5.12. The molecule has 1 aliphatic heterocycles. The van der Waals surface area contributed by atoms with Crippen LogP contribution in [-0.2, 0) is 17.9 Å². The summed E-state index contributed by atoms with van der Waals surface area (Å²) in [5, 5.41) is 7.99. The summed E-state index contributed by atoms with van der Waals surface area (Å²) in [4.78, 5) is 13.7. The molecule has 0 atom stereocenters.